The van der Waals surface area contributed by atoms with Gasteiger partial charge in [0.1, 0.15) is 0 Å². The van der Waals surface area contributed by atoms with Crippen LogP contribution in [-0.2, 0) is 0 Å². The van der Waals surface area contributed by atoms with Gasteiger partial charge in [0.15, 0.2) is 0 Å². The van der Waals surface area contributed by atoms with E-state index >= 15 is 0 Å². The standard InChI is InChI=1S/C16H25N3O/c1-2-14(17)16(11-5-7-18-8-6-11)19-9-12-3-4-15(20)13(12)10-19/h5-8,12-16,20H,2-4,9-10,17H2,1H3. The number of fused-ring (bicyclic) bond motifs is 1. The van der Waals surface area contributed by atoms with Crippen molar-refractivity contribution in [1.82, 2.24) is 9.88 Å². The topological polar surface area (TPSA) is 62.4 Å². The Hall–Kier alpha value is -0.970. The summed E-state index contributed by atoms with van der Waals surface area (Å²) in [6.45, 7) is 4.19. The molecule has 0 radical (unpaired) electrons. The second kappa shape index (κ2) is 5.80. The van der Waals surface area contributed by atoms with Crippen LogP contribution in [0.1, 0.15) is 37.8 Å². The molecule has 1 aromatic rings. The van der Waals surface area contributed by atoms with E-state index in [9.17, 15) is 5.11 Å². The number of rotatable bonds is 4. The maximum absolute atomic E-state index is 10.1. The van der Waals surface area contributed by atoms with Gasteiger partial charge in [0.2, 0.25) is 0 Å². The molecule has 2 heterocycles. The fourth-order valence-corrected chi connectivity index (χ4v) is 4.01. The largest absolute Gasteiger partial charge is 0.393 e. The van der Waals surface area contributed by atoms with Crippen LogP contribution in [0.15, 0.2) is 24.5 Å². The average molecular weight is 275 g/mol. The van der Waals surface area contributed by atoms with Gasteiger partial charge in [0.25, 0.3) is 0 Å². The van der Waals surface area contributed by atoms with Crippen LogP contribution >= 0.6 is 0 Å². The lowest BCUT2D eigenvalue weighted by Crippen LogP contribution is -2.40. The Labute approximate surface area is 121 Å². The minimum Gasteiger partial charge on any atom is -0.393 e. The Morgan fingerprint density at radius 3 is 2.75 bits per heavy atom. The fourth-order valence-electron chi connectivity index (χ4n) is 4.01. The highest BCUT2D eigenvalue weighted by atomic mass is 16.3. The molecule has 0 bridgehead atoms. The number of aliphatic hydroxyl groups is 1. The van der Waals surface area contributed by atoms with E-state index in [1.54, 1.807) is 0 Å². The van der Waals surface area contributed by atoms with Crippen molar-refractivity contribution in [2.75, 3.05) is 13.1 Å². The Kier molecular flexibility index (Phi) is 4.06. The summed E-state index contributed by atoms with van der Waals surface area (Å²) in [5.41, 5.74) is 7.64. The second-order valence-corrected chi connectivity index (χ2v) is 6.32. The number of hydrogen-bond acceptors (Lipinski definition) is 4. The lowest BCUT2D eigenvalue weighted by molar-refractivity contribution is 0.114. The van der Waals surface area contributed by atoms with Gasteiger partial charge in [-0.25, -0.2) is 0 Å². The van der Waals surface area contributed by atoms with Crippen LogP contribution in [0.25, 0.3) is 0 Å². The van der Waals surface area contributed by atoms with Crippen molar-refractivity contribution in [2.24, 2.45) is 17.6 Å². The number of nitrogens with zero attached hydrogens (tertiary/aromatic N) is 2. The Morgan fingerprint density at radius 2 is 2.10 bits per heavy atom. The third kappa shape index (κ3) is 2.48. The summed E-state index contributed by atoms with van der Waals surface area (Å²) >= 11 is 0. The van der Waals surface area contributed by atoms with Gasteiger partial charge in [0, 0.05) is 43.5 Å². The molecule has 0 aromatic carbocycles. The van der Waals surface area contributed by atoms with Crippen LogP contribution in [-0.4, -0.2) is 40.2 Å². The molecule has 1 aromatic heterocycles. The van der Waals surface area contributed by atoms with Crippen molar-refractivity contribution in [1.29, 1.82) is 0 Å². The lowest BCUT2D eigenvalue weighted by Gasteiger charge is -2.33. The van der Waals surface area contributed by atoms with Crippen LogP contribution in [0.3, 0.4) is 0 Å². The zero-order chi connectivity index (χ0) is 14.1. The van der Waals surface area contributed by atoms with Gasteiger partial charge < -0.3 is 10.8 Å². The van der Waals surface area contributed by atoms with E-state index < -0.39 is 0 Å². The molecule has 1 saturated heterocycles. The Bertz CT molecular complexity index is 439. The summed E-state index contributed by atoms with van der Waals surface area (Å²) in [6.07, 6.45) is 6.67. The van der Waals surface area contributed by atoms with Crippen molar-refractivity contribution >= 4 is 0 Å². The van der Waals surface area contributed by atoms with Crippen molar-refractivity contribution in [2.45, 2.75) is 44.4 Å². The molecule has 5 unspecified atom stereocenters. The Balaban J connectivity index is 1.81. The van der Waals surface area contributed by atoms with E-state index in [-0.39, 0.29) is 18.2 Å². The molecule has 3 rings (SSSR count). The predicted molar refractivity (Wildman–Crippen MR) is 79.0 cm³/mol. The SMILES string of the molecule is CCC(N)C(c1ccncc1)N1CC2CCC(O)C2C1. The van der Waals surface area contributed by atoms with Gasteiger partial charge in [-0.05, 0) is 42.9 Å². The number of pyridine rings is 1. The minimum absolute atomic E-state index is 0.110. The highest BCUT2D eigenvalue weighted by Crippen LogP contribution is 2.41. The Morgan fingerprint density at radius 1 is 1.35 bits per heavy atom. The molecule has 1 aliphatic carbocycles. The number of nitrogens with two attached hydrogens (primary N) is 1. The predicted octanol–water partition coefficient (Wildman–Crippen LogP) is 1.56. The summed E-state index contributed by atoms with van der Waals surface area (Å²) in [5.74, 6) is 1.10. The average Bonchev–Trinajstić information content (AvgIpc) is 3.03. The fraction of sp³-hybridized carbons (Fsp3) is 0.688. The monoisotopic (exact) mass is 275 g/mol. The maximum atomic E-state index is 10.1. The quantitative estimate of drug-likeness (QED) is 0.875. The highest BCUT2D eigenvalue weighted by Gasteiger charge is 2.44. The third-order valence-electron chi connectivity index (χ3n) is 5.17. The van der Waals surface area contributed by atoms with E-state index in [2.05, 4.69) is 28.9 Å². The normalized spacial score (nSPS) is 33.0. The molecule has 5 atom stereocenters. The molecule has 2 aliphatic rings. The van der Waals surface area contributed by atoms with E-state index in [0.29, 0.717) is 11.8 Å². The molecule has 4 heteroatoms. The highest BCUT2D eigenvalue weighted by molar-refractivity contribution is 5.18. The van der Waals surface area contributed by atoms with E-state index in [1.807, 2.05) is 12.4 Å². The zero-order valence-corrected chi connectivity index (χ0v) is 12.2. The molecule has 1 aliphatic heterocycles. The van der Waals surface area contributed by atoms with Gasteiger partial charge in [0.05, 0.1) is 6.10 Å². The first-order chi connectivity index (χ1) is 9.70. The first kappa shape index (κ1) is 14.0. The van der Waals surface area contributed by atoms with Crippen molar-refractivity contribution in [3.8, 4) is 0 Å². The van der Waals surface area contributed by atoms with Gasteiger partial charge in [-0.2, -0.15) is 0 Å². The smallest absolute Gasteiger partial charge is 0.0583 e. The summed E-state index contributed by atoms with van der Waals surface area (Å²) < 4.78 is 0. The first-order valence-corrected chi connectivity index (χ1v) is 7.78. The summed E-state index contributed by atoms with van der Waals surface area (Å²) in [4.78, 5) is 6.60. The van der Waals surface area contributed by atoms with E-state index in [1.165, 1.54) is 5.56 Å². The molecular formula is C16H25N3O. The zero-order valence-electron chi connectivity index (χ0n) is 12.2. The molecule has 110 valence electrons. The molecule has 3 N–H and O–H groups in total. The third-order valence-corrected chi connectivity index (χ3v) is 5.17. The van der Waals surface area contributed by atoms with Gasteiger partial charge >= 0.3 is 0 Å². The van der Waals surface area contributed by atoms with Crippen LogP contribution in [0.4, 0.5) is 0 Å². The van der Waals surface area contributed by atoms with Gasteiger partial charge in [-0.1, -0.05) is 6.92 Å². The lowest BCUT2D eigenvalue weighted by atomic mass is 9.97. The molecule has 1 saturated carbocycles. The second-order valence-electron chi connectivity index (χ2n) is 6.32. The van der Waals surface area contributed by atoms with Crippen LogP contribution in [0, 0.1) is 11.8 Å². The van der Waals surface area contributed by atoms with E-state index in [4.69, 9.17) is 5.73 Å². The molecule has 0 amide bonds. The molecule has 20 heavy (non-hydrogen) atoms. The molecule has 0 spiro atoms. The number of likely N-dealkylation sites (tertiary alicyclic amines) is 1. The van der Waals surface area contributed by atoms with Gasteiger partial charge in [-0.15, -0.1) is 0 Å². The van der Waals surface area contributed by atoms with Crippen molar-refractivity contribution in [3.05, 3.63) is 30.1 Å². The molecular weight excluding hydrogens is 250 g/mol. The maximum Gasteiger partial charge on any atom is 0.0583 e. The molecule has 4 nitrogen and oxygen atoms in total. The van der Waals surface area contributed by atoms with Crippen molar-refractivity contribution < 1.29 is 5.11 Å². The van der Waals surface area contributed by atoms with Crippen LogP contribution in [0.5, 0.6) is 0 Å². The van der Waals surface area contributed by atoms with Crippen molar-refractivity contribution in [3.63, 3.8) is 0 Å². The summed E-state index contributed by atoms with van der Waals surface area (Å²) in [7, 11) is 0. The van der Waals surface area contributed by atoms with Gasteiger partial charge in [-0.3, -0.25) is 9.88 Å². The number of hydrogen-bond donors (Lipinski definition) is 2. The summed E-state index contributed by atoms with van der Waals surface area (Å²) in [5, 5.41) is 10.1. The van der Waals surface area contributed by atoms with Crippen LogP contribution in [0.2, 0.25) is 0 Å². The molecule has 2 fully saturated rings. The van der Waals surface area contributed by atoms with Crippen LogP contribution < -0.4 is 5.73 Å². The van der Waals surface area contributed by atoms with E-state index in [0.717, 1.165) is 32.4 Å². The number of aromatic nitrogens is 1. The minimum atomic E-state index is -0.110. The number of aliphatic hydroxyl groups excluding tert-OH is 1. The first-order valence-electron chi connectivity index (χ1n) is 7.78. The summed E-state index contributed by atoms with van der Waals surface area (Å²) in [6, 6.07) is 4.53.